The molecular formula is C14H17NS. The van der Waals surface area contributed by atoms with Gasteiger partial charge in [0.1, 0.15) is 0 Å². The van der Waals surface area contributed by atoms with Crippen molar-refractivity contribution in [2.24, 2.45) is 0 Å². The molecule has 0 atom stereocenters. The standard InChI is InChI=1S/C14H17NS/c1-12-4-6-13(7-5-12)11-15-9-8-14-3-2-10-16-14/h2-7,10,15H,8-9,11H2,1H3. The maximum absolute atomic E-state index is 3.47. The summed E-state index contributed by atoms with van der Waals surface area (Å²) in [4.78, 5) is 1.46. The van der Waals surface area contributed by atoms with Gasteiger partial charge in [-0.2, -0.15) is 0 Å². The lowest BCUT2D eigenvalue weighted by Gasteiger charge is -2.04. The molecule has 16 heavy (non-hydrogen) atoms. The molecule has 0 spiro atoms. The van der Waals surface area contributed by atoms with Crippen molar-refractivity contribution in [2.45, 2.75) is 19.9 Å². The summed E-state index contributed by atoms with van der Waals surface area (Å²) in [7, 11) is 0. The van der Waals surface area contributed by atoms with Crippen molar-refractivity contribution in [3.8, 4) is 0 Å². The van der Waals surface area contributed by atoms with Crippen LogP contribution in [0.2, 0.25) is 0 Å². The fraction of sp³-hybridized carbons (Fsp3) is 0.286. The highest BCUT2D eigenvalue weighted by atomic mass is 32.1. The lowest BCUT2D eigenvalue weighted by Crippen LogP contribution is -2.16. The predicted molar refractivity (Wildman–Crippen MR) is 70.9 cm³/mol. The third kappa shape index (κ3) is 3.47. The van der Waals surface area contributed by atoms with Gasteiger partial charge < -0.3 is 5.32 Å². The molecule has 0 amide bonds. The molecule has 0 saturated carbocycles. The van der Waals surface area contributed by atoms with Gasteiger partial charge in [0, 0.05) is 18.0 Å². The SMILES string of the molecule is Cc1ccc(CNCCc2cccs2)cc1. The lowest BCUT2D eigenvalue weighted by atomic mass is 10.1. The first-order chi connectivity index (χ1) is 7.84. The average molecular weight is 231 g/mol. The van der Waals surface area contributed by atoms with Gasteiger partial charge in [-0.3, -0.25) is 0 Å². The Bertz CT molecular complexity index is 403. The second-order valence-electron chi connectivity index (χ2n) is 3.99. The predicted octanol–water partition coefficient (Wildman–Crippen LogP) is 3.39. The number of benzene rings is 1. The van der Waals surface area contributed by atoms with Gasteiger partial charge in [-0.15, -0.1) is 11.3 Å². The first kappa shape index (κ1) is 11.4. The third-order valence-corrected chi connectivity index (χ3v) is 3.51. The molecule has 2 aromatic rings. The first-order valence-electron chi connectivity index (χ1n) is 5.63. The van der Waals surface area contributed by atoms with E-state index in [0.29, 0.717) is 0 Å². The Morgan fingerprint density at radius 2 is 1.94 bits per heavy atom. The van der Waals surface area contributed by atoms with Crippen LogP contribution in [0.1, 0.15) is 16.0 Å². The molecule has 0 aliphatic heterocycles. The summed E-state index contributed by atoms with van der Waals surface area (Å²) >= 11 is 1.83. The van der Waals surface area contributed by atoms with E-state index in [1.165, 1.54) is 16.0 Å². The number of hydrogen-bond acceptors (Lipinski definition) is 2. The van der Waals surface area contributed by atoms with Crippen LogP contribution in [-0.4, -0.2) is 6.54 Å². The number of aryl methyl sites for hydroxylation is 1. The second-order valence-corrected chi connectivity index (χ2v) is 5.02. The van der Waals surface area contributed by atoms with Crippen LogP contribution in [0.3, 0.4) is 0 Å². The minimum Gasteiger partial charge on any atom is -0.312 e. The molecule has 0 aliphatic carbocycles. The molecule has 0 radical (unpaired) electrons. The monoisotopic (exact) mass is 231 g/mol. The van der Waals surface area contributed by atoms with Crippen molar-refractivity contribution in [1.82, 2.24) is 5.32 Å². The molecule has 1 aromatic heterocycles. The van der Waals surface area contributed by atoms with Crippen molar-refractivity contribution < 1.29 is 0 Å². The molecule has 84 valence electrons. The van der Waals surface area contributed by atoms with E-state index in [0.717, 1.165) is 19.5 Å². The minimum absolute atomic E-state index is 0.964. The van der Waals surface area contributed by atoms with Gasteiger partial charge >= 0.3 is 0 Å². The van der Waals surface area contributed by atoms with Crippen molar-refractivity contribution in [3.63, 3.8) is 0 Å². The summed E-state index contributed by atoms with van der Waals surface area (Å²) in [6.07, 6.45) is 1.13. The summed E-state index contributed by atoms with van der Waals surface area (Å²) < 4.78 is 0. The van der Waals surface area contributed by atoms with Crippen molar-refractivity contribution in [1.29, 1.82) is 0 Å². The van der Waals surface area contributed by atoms with E-state index in [1.807, 2.05) is 11.3 Å². The largest absolute Gasteiger partial charge is 0.312 e. The maximum Gasteiger partial charge on any atom is 0.0205 e. The summed E-state index contributed by atoms with van der Waals surface area (Å²) in [5.74, 6) is 0. The van der Waals surface area contributed by atoms with Gasteiger partial charge in [0.2, 0.25) is 0 Å². The minimum atomic E-state index is 0.964. The van der Waals surface area contributed by atoms with Crippen LogP contribution in [0.4, 0.5) is 0 Å². The molecule has 0 aliphatic rings. The van der Waals surface area contributed by atoms with Crippen LogP contribution >= 0.6 is 11.3 Å². The van der Waals surface area contributed by atoms with E-state index < -0.39 is 0 Å². The molecule has 0 saturated heterocycles. The van der Waals surface area contributed by atoms with Crippen LogP contribution < -0.4 is 5.32 Å². The van der Waals surface area contributed by atoms with Gasteiger partial charge in [-0.1, -0.05) is 35.9 Å². The molecule has 1 N–H and O–H groups in total. The zero-order valence-corrected chi connectivity index (χ0v) is 10.4. The van der Waals surface area contributed by atoms with Gasteiger partial charge in [-0.05, 0) is 30.4 Å². The highest BCUT2D eigenvalue weighted by Gasteiger charge is 1.94. The number of nitrogens with one attached hydrogen (secondary N) is 1. The van der Waals surface area contributed by atoms with E-state index in [-0.39, 0.29) is 0 Å². The normalized spacial score (nSPS) is 10.6. The Morgan fingerprint density at radius 3 is 2.62 bits per heavy atom. The highest BCUT2D eigenvalue weighted by Crippen LogP contribution is 2.08. The van der Waals surface area contributed by atoms with E-state index in [9.17, 15) is 0 Å². The Balaban J connectivity index is 1.70. The van der Waals surface area contributed by atoms with Crippen molar-refractivity contribution >= 4 is 11.3 Å². The molecule has 0 fully saturated rings. The first-order valence-corrected chi connectivity index (χ1v) is 6.51. The van der Waals surface area contributed by atoms with E-state index in [2.05, 4.69) is 54.0 Å². The topological polar surface area (TPSA) is 12.0 Å². The van der Waals surface area contributed by atoms with Crippen LogP contribution in [0.5, 0.6) is 0 Å². The van der Waals surface area contributed by atoms with E-state index >= 15 is 0 Å². The highest BCUT2D eigenvalue weighted by molar-refractivity contribution is 7.09. The van der Waals surface area contributed by atoms with E-state index in [1.54, 1.807) is 0 Å². The molecule has 1 aromatic carbocycles. The third-order valence-electron chi connectivity index (χ3n) is 2.58. The Labute approximate surface area is 101 Å². The number of thiophene rings is 1. The Morgan fingerprint density at radius 1 is 1.12 bits per heavy atom. The van der Waals surface area contributed by atoms with E-state index in [4.69, 9.17) is 0 Å². The van der Waals surface area contributed by atoms with Crippen LogP contribution in [-0.2, 0) is 13.0 Å². The van der Waals surface area contributed by atoms with Crippen LogP contribution in [0.15, 0.2) is 41.8 Å². The van der Waals surface area contributed by atoms with Crippen LogP contribution in [0.25, 0.3) is 0 Å². The number of hydrogen-bond donors (Lipinski definition) is 1. The van der Waals surface area contributed by atoms with Gasteiger partial charge in [0.25, 0.3) is 0 Å². The Hall–Kier alpha value is -1.12. The average Bonchev–Trinajstić information content (AvgIpc) is 2.80. The second kappa shape index (κ2) is 5.83. The maximum atomic E-state index is 3.47. The summed E-state index contributed by atoms with van der Waals surface area (Å²) in [6.45, 7) is 4.13. The molecule has 1 nitrogen and oxygen atoms in total. The molecular weight excluding hydrogens is 214 g/mol. The lowest BCUT2D eigenvalue weighted by molar-refractivity contribution is 0.690. The molecule has 2 heteroatoms. The molecule has 1 heterocycles. The summed E-state index contributed by atoms with van der Waals surface area (Å²) in [5, 5.41) is 5.60. The summed E-state index contributed by atoms with van der Waals surface area (Å²) in [5.41, 5.74) is 2.68. The van der Waals surface area contributed by atoms with Crippen molar-refractivity contribution in [2.75, 3.05) is 6.54 Å². The fourth-order valence-electron chi connectivity index (χ4n) is 1.61. The van der Waals surface area contributed by atoms with Crippen molar-refractivity contribution in [3.05, 3.63) is 57.8 Å². The smallest absolute Gasteiger partial charge is 0.0205 e. The molecule has 0 unspecified atom stereocenters. The van der Waals surface area contributed by atoms with Gasteiger partial charge in [0.05, 0.1) is 0 Å². The fourth-order valence-corrected chi connectivity index (χ4v) is 2.31. The van der Waals surface area contributed by atoms with Gasteiger partial charge in [-0.25, -0.2) is 0 Å². The summed E-state index contributed by atoms with van der Waals surface area (Å²) in [6, 6.07) is 13.0. The Kier molecular flexibility index (Phi) is 4.14. The number of rotatable bonds is 5. The quantitative estimate of drug-likeness (QED) is 0.778. The van der Waals surface area contributed by atoms with Gasteiger partial charge in [0.15, 0.2) is 0 Å². The molecule has 2 rings (SSSR count). The zero-order valence-electron chi connectivity index (χ0n) is 9.57. The molecule has 0 bridgehead atoms. The van der Waals surface area contributed by atoms with Crippen LogP contribution in [0, 0.1) is 6.92 Å². The zero-order chi connectivity index (χ0) is 11.2.